The Kier molecular flexibility index (Phi) is 3.47. The van der Waals surface area contributed by atoms with E-state index in [2.05, 4.69) is 9.97 Å². The van der Waals surface area contributed by atoms with Gasteiger partial charge in [0.15, 0.2) is 6.10 Å². The molecule has 2 heterocycles. The zero-order chi connectivity index (χ0) is 13.1. The van der Waals surface area contributed by atoms with Gasteiger partial charge in [-0.05, 0) is 19.1 Å². The van der Waals surface area contributed by atoms with E-state index in [1.54, 1.807) is 19.1 Å². The zero-order valence-electron chi connectivity index (χ0n) is 10.4. The van der Waals surface area contributed by atoms with Gasteiger partial charge in [0.2, 0.25) is 11.8 Å². The van der Waals surface area contributed by atoms with Crippen LogP contribution >= 0.6 is 0 Å². The van der Waals surface area contributed by atoms with Gasteiger partial charge in [-0.3, -0.25) is 0 Å². The normalized spacial score (nSPS) is 12.2. The van der Waals surface area contributed by atoms with Crippen molar-refractivity contribution in [2.45, 2.75) is 13.0 Å². The molecule has 0 aliphatic heterocycles. The molecule has 1 N–H and O–H groups in total. The Morgan fingerprint density at radius 3 is 2.61 bits per heavy atom. The summed E-state index contributed by atoms with van der Waals surface area (Å²) in [7, 11) is 2.93. The van der Waals surface area contributed by atoms with Gasteiger partial charge in [0.1, 0.15) is 17.2 Å². The molecule has 0 spiro atoms. The van der Waals surface area contributed by atoms with Crippen LogP contribution in [0.3, 0.4) is 0 Å². The average Bonchev–Trinajstić information content (AvgIpc) is 2.83. The van der Waals surface area contributed by atoms with Crippen LogP contribution < -0.4 is 9.47 Å². The molecule has 0 radical (unpaired) electrons. The predicted molar refractivity (Wildman–Crippen MR) is 62.6 cm³/mol. The van der Waals surface area contributed by atoms with Crippen LogP contribution in [0.15, 0.2) is 22.7 Å². The van der Waals surface area contributed by atoms with E-state index >= 15 is 0 Å². The second kappa shape index (κ2) is 5.05. The van der Waals surface area contributed by atoms with Crippen LogP contribution in [0.4, 0.5) is 0 Å². The van der Waals surface area contributed by atoms with E-state index in [0.29, 0.717) is 17.4 Å². The summed E-state index contributed by atoms with van der Waals surface area (Å²) in [5, 5.41) is 10.2. The van der Waals surface area contributed by atoms with E-state index in [0.717, 1.165) is 0 Å². The van der Waals surface area contributed by atoms with E-state index in [1.165, 1.54) is 20.4 Å². The smallest absolute Gasteiger partial charge is 0.241 e. The third-order valence-corrected chi connectivity index (χ3v) is 2.44. The number of hydrogen-bond donors (Lipinski definition) is 1. The van der Waals surface area contributed by atoms with Gasteiger partial charge in [0.25, 0.3) is 0 Å². The SMILES string of the molecule is COc1cnc(C(O)c2ccc(C)o2)c(OC)n1. The monoisotopic (exact) mass is 250 g/mol. The summed E-state index contributed by atoms with van der Waals surface area (Å²) in [4.78, 5) is 8.14. The Bertz CT molecular complexity index is 539. The summed E-state index contributed by atoms with van der Waals surface area (Å²) in [5.74, 6) is 1.63. The van der Waals surface area contributed by atoms with Crippen LogP contribution in [0.25, 0.3) is 0 Å². The second-order valence-corrected chi connectivity index (χ2v) is 3.66. The van der Waals surface area contributed by atoms with Crippen LogP contribution in [0.5, 0.6) is 11.8 Å². The Morgan fingerprint density at radius 2 is 2.06 bits per heavy atom. The van der Waals surface area contributed by atoms with Gasteiger partial charge in [-0.2, -0.15) is 4.98 Å². The Hall–Kier alpha value is -2.08. The van der Waals surface area contributed by atoms with Crippen molar-refractivity contribution in [1.82, 2.24) is 9.97 Å². The van der Waals surface area contributed by atoms with E-state index in [-0.39, 0.29) is 11.6 Å². The lowest BCUT2D eigenvalue weighted by Gasteiger charge is -2.11. The lowest BCUT2D eigenvalue weighted by molar-refractivity contribution is 0.176. The molecule has 0 aliphatic rings. The number of rotatable bonds is 4. The van der Waals surface area contributed by atoms with Crippen LogP contribution in [0.2, 0.25) is 0 Å². The molecule has 6 nitrogen and oxygen atoms in total. The lowest BCUT2D eigenvalue weighted by atomic mass is 10.2. The van der Waals surface area contributed by atoms with Crippen LogP contribution in [0, 0.1) is 6.92 Å². The molecule has 2 aromatic heterocycles. The predicted octanol–water partition coefficient (Wildman–Crippen LogP) is 1.48. The molecular weight excluding hydrogens is 236 g/mol. The molecule has 0 saturated carbocycles. The fraction of sp³-hybridized carbons (Fsp3) is 0.333. The van der Waals surface area contributed by atoms with Gasteiger partial charge >= 0.3 is 0 Å². The zero-order valence-corrected chi connectivity index (χ0v) is 10.4. The maximum Gasteiger partial charge on any atom is 0.241 e. The minimum Gasteiger partial charge on any atom is -0.480 e. The highest BCUT2D eigenvalue weighted by atomic mass is 16.5. The molecule has 1 unspecified atom stereocenters. The second-order valence-electron chi connectivity index (χ2n) is 3.66. The molecule has 0 amide bonds. The molecule has 96 valence electrons. The first kappa shape index (κ1) is 12.4. The first-order valence-electron chi connectivity index (χ1n) is 5.35. The standard InChI is InChI=1S/C12H14N2O4/c1-7-4-5-8(18-7)11(15)10-12(17-3)14-9(16-2)6-13-10/h4-6,11,15H,1-3H3. The van der Waals surface area contributed by atoms with Crippen molar-refractivity contribution in [3.05, 3.63) is 35.5 Å². The fourth-order valence-electron chi connectivity index (χ4n) is 1.54. The first-order valence-corrected chi connectivity index (χ1v) is 5.35. The summed E-state index contributed by atoms with van der Waals surface area (Å²) in [5.41, 5.74) is 0.285. The molecule has 0 bridgehead atoms. The summed E-state index contributed by atoms with van der Waals surface area (Å²) in [6, 6.07) is 3.45. The number of nitrogens with zero attached hydrogens (tertiary/aromatic N) is 2. The van der Waals surface area contributed by atoms with Crippen LogP contribution in [-0.2, 0) is 0 Å². The molecule has 18 heavy (non-hydrogen) atoms. The number of aliphatic hydroxyl groups is 1. The third kappa shape index (κ3) is 2.28. The van der Waals surface area contributed by atoms with Crippen molar-refractivity contribution in [3.63, 3.8) is 0 Å². The minimum atomic E-state index is -1.02. The number of hydrogen-bond acceptors (Lipinski definition) is 6. The Morgan fingerprint density at radius 1 is 1.28 bits per heavy atom. The van der Waals surface area contributed by atoms with Gasteiger partial charge in [-0.1, -0.05) is 0 Å². The van der Waals surface area contributed by atoms with E-state index in [4.69, 9.17) is 13.9 Å². The van der Waals surface area contributed by atoms with E-state index < -0.39 is 6.10 Å². The number of ether oxygens (including phenoxy) is 2. The number of methoxy groups -OCH3 is 2. The highest BCUT2D eigenvalue weighted by molar-refractivity contribution is 5.29. The topological polar surface area (TPSA) is 77.6 Å². The van der Waals surface area contributed by atoms with E-state index in [1.807, 2.05) is 0 Å². The lowest BCUT2D eigenvalue weighted by Crippen LogP contribution is -2.06. The minimum absolute atomic E-state index is 0.205. The largest absolute Gasteiger partial charge is 0.480 e. The molecule has 0 fully saturated rings. The van der Waals surface area contributed by atoms with Crippen molar-refractivity contribution in [2.24, 2.45) is 0 Å². The Labute approximate surface area is 104 Å². The maximum absolute atomic E-state index is 10.2. The highest BCUT2D eigenvalue weighted by Gasteiger charge is 2.21. The molecule has 6 heteroatoms. The van der Waals surface area contributed by atoms with Gasteiger partial charge in [-0.25, -0.2) is 4.98 Å². The summed E-state index contributed by atoms with van der Waals surface area (Å²) < 4.78 is 15.4. The van der Waals surface area contributed by atoms with Gasteiger partial charge in [0, 0.05) is 0 Å². The van der Waals surface area contributed by atoms with Gasteiger partial charge in [-0.15, -0.1) is 0 Å². The average molecular weight is 250 g/mol. The number of aliphatic hydroxyl groups excluding tert-OH is 1. The molecular formula is C12H14N2O4. The van der Waals surface area contributed by atoms with Crippen LogP contribution in [-0.4, -0.2) is 29.3 Å². The Balaban J connectivity index is 2.38. The maximum atomic E-state index is 10.2. The van der Waals surface area contributed by atoms with Gasteiger partial charge < -0.3 is 19.0 Å². The summed E-state index contributed by atoms with van der Waals surface area (Å²) >= 11 is 0. The molecule has 2 aromatic rings. The summed E-state index contributed by atoms with van der Waals surface area (Å²) in [6.07, 6.45) is 0.392. The van der Waals surface area contributed by atoms with Crippen molar-refractivity contribution in [3.8, 4) is 11.8 Å². The van der Waals surface area contributed by atoms with E-state index in [9.17, 15) is 5.11 Å². The van der Waals surface area contributed by atoms with Crippen LogP contribution in [0.1, 0.15) is 23.3 Å². The highest BCUT2D eigenvalue weighted by Crippen LogP contribution is 2.28. The molecule has 0 saturated heterocycles. The summed E-state index contributed by atoms with van der Waals surface area (Å²) in [6.45, 7) is 1.80. The molecule has 1 atom stereocenters. The van der Waals surface area contributed by atoms with Crippen molar-refractivity contribution < 1.29 is 19.0 Å². The quantitative estimate of drug-likeness (QED) is 0.885. The third-order valence-electron chi connectivity index (χ3n) is 2.44. The molecule has 0 aromatic carbocycles. The molecule has 2 rings (SSSR count). The van der Waals surface area contributed by atoms with Crippen molar-refractivity contribution in [1.29, 1.82) is 0 Å². The number of furan rings is 1. The first-order chi connectivity index (χ1) is 8.65. The van der Waals surface area contributed by atoms with Gasteiger partial charge in [0.05, 0.1) is 20.4 Å². The molecule has 0 aliphatic carbocycles. The number of aryl methyl sites for hydroxylation is 1. The number of aromatic nitrogens is 2. The van der Waals surface area contributed by atoms with Crippen molar-refractivity contribution >= 4 is 0 Å². The fourth-order valence-corrected chi connectivity index (χ4v) is 1.54. The van der Waals surface area contributed by atoms with Crippen molar-refractivity contribution in [2.75, 3.05) is 14.2 Å².